The highest BCUT2D eigenvalue weighted by molar-refractivity contribution is 9.10. The molecule has 0 fully saturated rings. The topological polar surface area (TPSA) is 53.7 Å². The van der Waals surface area contributed by atoms with E-state index in [1.165, 1.54) is 0 Å². The lowest BCUT2D eigenvalue weighted by Crippen LogP contribution is -2.10. The third-order valence-corrected chi connectivity index (χ3v) is 3.51. The number of halogens is 1. The van der Waals surface area contributed by atoms with E-state index < -0.39 is 0 Å². The SMILES string of the molecule is COc1ccccc1OCCOc1cccc(N)c1Br. The first-order valence-corrected chi connectivity index (χ1v) is 6.94. The van der Waals surface area contributed by atoms with E-state index in [-0.39, 0.29) is 0 Å². The largest absolute Gasteiger partial charge is 0.493 e. The van der Waals surface area contributed by atoms with Gasteiger partial charge in [-0.1, -0.05) is 18.2 Å². The van der Waals surface area contributed by atoms with Crippen LogP contribution in [0.4, 0.5) is 5.69 Å². The molecule has 0 aliphatic rings. The molecule has 0 amide bonds. The molecule has 0 atom stereocenters. The number of nitrogen functional groups attached to an aromatic ring is 1. The lowest BCUT2D eigenvalue weighted by Gasteiger charge is -2.12. The zero-order valence-electron chi connectivity index (χ0n) is 11.1. The van der Waals surface area contributed by atoms with Crippen molar-refractivity contribution in [1.29, 1.82) is 0 Å². The van der Waals surface area contributed by atoms with Gasteiger partial charge in [-0.2, -0.15) is 0 Å². The number of methoxy groups -OCH3 is 1. The van der Waals surface area contributed by atoms with Crippen LogP contribution in [0, 0.1) is 0 Å². The highest BCUT2D eigenvalue weighted by Crippen LogP contribution is 2.30. The summed E-state index contributed by atoms with van der Waals surface area (Å²) >= 11 is 3.39. The Labute approximate surface area is 126 Å². The van der Waals surface area contributed by atoms with Crippen molar-refractivity contribution in [3.05, 3.63) is 46.9 Å². The zero-order chi connectivity index (χ0) is 14.4. The van der Waals surface area contributed by atoms with Gasteiger partial charge in [-0.05, 0) is 40.2 Å². The Bertz CT molecular complexity index is 575. The Morgan fingerprint density at radius 3 is 2.20 bits per heavy atom. The van der Waals surface area contributed by atoms with Crippen LogP contribution in [0.3, 0.4) is 0 Å². The molecule has 5 heteroatoms. The summed E-state index contributed by atoms with van der Waals surface area (Å²) < 4.78 is 17.2. The lowest BCUT2D eigenvalue weighted by atomic mass is 10.3. The second kappa shape index (κ2) is 7.05. The minimum absolute atomic E-state index is 0.417. The molecule has 20 heavy (non-hydrogen) atoms. The van der Waals surface area contributed by atoms with Crippen LogP contribution in [0.15, 0.2) is 46.9 Å². The predicted octanol–water partition coefficient (Wildman–Crippen LogP) is 3.50. The minimum Gasteiger partial charge on any atom is -0.493 e. The molecule has 2 N–H and O–H groups in total. The second-order valence-corrected chi connectivity index (χ2v) is 4.80. The van der Waals surface area contributed by atoms with Gasteiger partial charge in [0.05, 0.1) is 11.6 Å². The fraction of sp³-hybridized carbons (Fsp3) is 0.200. The van der Waals surface area contributed by atoms with Crippen molar-refractivity contribution in [2.75, 3.05) is 26.1 Å². The van der Waals surface area contributed by atoms with E-state index in [2.05, 4.69) is 15.9 Å². The van der Waals surface area contributed by atoms with Crippen molar-refractivity contribution in [3.63, 3.8) is 0 Å². The highest BCUT2D eigenvalue weighted by Gasteiger charge is 2.05. The molecule has 106 valence electrons. The first kappa shape index (κ1) is 14.5. The van der Waals surface area contributed by atoms with Crippen molar-refractivity contribution < 1.29 is 14.2 Å². The molecule has 4 nitrogen and oxygen atoms in total. The maximum Gasteiger partial charge on any atom is 0.161 e. The lowest BCUT2D eigenvalue weighted by molar-refractivity contribution is 0.210. The number of rotatable bonds is 6. The Hall–Kier alpha value is -1.88. The highest BCUT2D eigenvalue weighted by atomic mass is 79.9. The van der Waals surface area contributed by atoms with E-state index in [9.17, 15) is 0 Å². The smallest absolute Gasteiger partial charge is 0.161 e. The zero-order valence-corrected chi connectivity index (χ0v) is 12.7. The van der Waals surface area contributed by atoms with Gasteiger partial charge in [0.1, 0.15) is 19.0 Å². The van der Waals surface area contributed by atoms with E-state index in [4.69, 9.17) is 19.9 Å². The number of nitrogens with two attached hydrogens (primary N) is 1. The summed E-state index contributed by atoms with van der Waals surface area (Å²) in [6, 6.07) is 13.0. The van der Waals surface area contributed by atoms with Crippen LogP contribution in [0.25, 0.3) is 0 Å². The Kier molecular flexibility index (Phi) is 5.12. The Morgan fingerprint density at radius 2 is 1.50 bits per heavy atom. The molecule has 0 radical (unpaired) electrons. The molecule has 2 aromatic rings. The first-order valence-electron chi connectivity index (χ1n) is 6.15. The summed E-state index contributed by atoms with van der Waals surface area (Å²) in [6.07, 6.45) is 0. The maximum atomic E-state index is 5.78. The summed E-state index contributed by atoms with van der Waals surface area (Å²) in [5.41, 5.74) is 6.43. The number of ether oxygens (including phenoxy) is 3. The quantitative estimate of drug-likeness (QED) is 0.647. The second-order valence-electron chi connectivity index (χ2n) is 4.01. The number of hydrogen-bond acceptors (Lipinski definition) is 4. The van der Waals surface area contributed by atoms with E-state index in [0.717, 1.165) is 4.47 Å². The van der Waals surface area contributed by atoms with Gasteiger partial charge in [-0.15, -0.1) is 0 Å². The van der Waals surface area contributed by atoms with Crippen molar-refractivity contribution in [2.45, 2.75) is 0 Å². The van der Waals surface area contributed by atoms with Gasteiger partial charge in [0.25, 0.3) is 0 Å². The molecule has 0 unspecified atom stereocenters. The molecule has 2 aromatic carbocycles. The third-order valence-electron chi connectivity index (χ3n) is 2.66. The third kappa shape index (κ3) is 3.57. The van der Waals surface area contributed by atoms with Crippen LogP contribution in [0.5, 0.6) is 17.2 Å². The summed E-state index contributed by atoms with van der Waals surface area (Å²) in [4.78, 5) is 0. The van der Waals surface area contributed by atoms with Gasteiger partial charge in [0.15, 0.2) is 11.5 Å². The predicted molar refractivity (Wildman–Crippen MR) is 82.5 cm³/mol. The molecule has 0 aliphatic heterocycles. The maximum absolute atomic E-state index is 5.78. The summed E-state index contributed by atoms with van der Waals surface area (Å²) in [5.74, 6) is 2.11. The van der Waals surface area contributed by atoms with E-state index in [1.807, 2.05) is 42.5 Å². The van der Waals surface area contributed by atoms with Crippen LogP contribution in [-0.4, -0.2) is 20.3 Å². The molecule has 0 aliphatic carbocycles. The normalized spacial score (nSPS) is 10.1. The van der Waals surface area contributed by atoms with Crippen molar-refractivity contribution in [1.82, 2.24) is 0 Å². The fourth-order valence-electron chi connectivity index (χ4n) is 1.68. The molecular formula is C15H16BrNO3. The van der Waals surface area contributed by atoms with Gasteiger partial charge < -0.3 is 19.9 Å². The number of para-hydroxylation sites is 2. The number of hydrogen-bond donors (Lipinski definition) is 1. The van der Waals surface area contributed by atoms with Gasteiger partial charge >= 0.3 is 0 Å². The van der Waals surface area contributed by atoms with Crippen LogP contribution in [0.2, 0.25) is 0 Å². The monoisotopic (exact) mass is 337 g/mol. The van der Waals surface area contributed by atoms with Crippen molar-refractivity contribution >= 4 is 21.6 Å². The van der Waals surface area contributed by atoms with Gasteiger partial charge in [0.2, 0.25) is 0 Å². The van der Waals surface area contributed by atoms with Crippen LogP contribution in [0.1, 0.15) is 0 Å². The molecule has 0 spiro atoms. The van der Waals surface area contributed by atoms with Crippen molar-refractivity contribution in [2.24, 2.45) is 0 Å². The van der Waals surface area contributed by atoms with Gasteiger partial charge in [-0.3, -0.25) is 0 Å². The minimum atomic E-state index is 0.417. The first-order chi connectivity index (χ1) is 9.72. The van der Waals surface area contributed by atoms with Crippen molar-refractivity contribution in [3.8, 4) is 17.2 Å². The molecule has 0 heterocycles. The Morgan fingerprint density at radius 1 is 0.900 bits per heavy atom. The summed E-state index contributed by atoms with van der Waals surface area (Å²) in [7, 11) is 1.61. The van der Waals surface area contributed by atoms with E-state index in [0.29, 0.717) is 36.1 Å². The molecular weight excluding hydrogens is 322 g/mol. The van der Waals surface area contributed by atoms with Crippen LogP contribution >= 0.6 is 15.9 Å². The summed E-state index contributed by atoms with van der Waals surface area (Å²) in [6.45, 7) is 0.835. The molecule has 2 rings (SSSR count). The fourth-order valence-corrected chi connectivity index (χ4v) is 2.06. The standard InChI is InChI=1S/C15H16BrNO3/c1-18-12-6-2-3-7-13(12)19-9-10-20-14-8-4-5-11(17)15(14)16/h2-8H,9-10,17H2,1H3. The average molecular weight is 338 g/mol. The molecule has 0 aromatic heterocycles. The van der Waals surface area contributed by atoms with Gasteiger partial charge in [0, 0.05) is 5.69 Å². The molecule has 0 saturated heterocycles. The summed E-state index contributed by atoms with van der Waals surface area (Å²) in [5, 5.41) is 0. The average Bonchev–Trinajstić information content (AvgIpc) is 2.48. The Balaban J connectivity index is 1.86. The van der Waals surface area contributed by atoms with Crippen LogP contribution in [-0.2, 0) is 0 Å². The van der Waals surface area contributed by atoms with Crippen LogP contribution < -0.4 is 19.9 Å². The van der Waals surface area contributed by atoms with Gasteiger partial charge in [-0.25, -0.2) is 0 Å². The van der Waals surface area contributed by atoms with E-state index >= 15 is 0 Å². The number of benzene rings is 2. The molecule has 0 saturated carbocycles. The molecule has 0 bridgehead atoms. The number of anilines is 1. The van der Waals surface area contributed by atoms with E-state index in [1.54, 1.807) is 7.11 Å².